The van der Waals surface area contributed by atoms with Crippen LogP contribution in [0.1, 0.15) is 63.0 Å². The summed E-state index contributed by atoms with van der Waals surface area (Å²) in [6.07, 6.45) is 3.18. The molecule has 0 radical (unpaired) electrons. The minimum atomic E-state index is -1.08. The number of benzene rings is 2. The van der Waals surface area contributed by atoms with E-state index in [0.29, 0.717) is 13.1 Å². The molecule has 8 heteroatoms. The molecule has 0 saturated heterocycles. The third-order valence-electron chi connectivity index (χ3n) is 7.03. The van der Waals surface area contributed by atoms with Crippen molar-refractivity contribution in [3.8, 4) is 0 Å². The molecule has 2 aliphatic rings. The first-order valence-electron chi connectivity index (χ1n) is 12.3. The molecule has 1 atom stereocenters. The van der Waals surface area contributed by atoms with Gasteiger partial charge in [0.25, 0.3) is 11.8 Å². The lowest BCUT2D eigenvalue weighted by Crippen LogP contribution is -2.64. The van der Waals surface area contributed by atoms with Gasteiger partial charge in [-0.2, -0.15) is 0 Å². The van der Waals surface area contributed by atoms with Gasteiger partial charge < -0.3 is 20.1 Å². The van der Waals surface area contributed by atoms with Gasteiger partial charge >= 0.3 is 0 Å². The van der Waals surface area contributed by atoms with Crippen LogP contribution in [-0.4, -0.2) is 43.8 Å². The summed E-state index contributed by atoms with van der Waals surface area (Å²) >= 11 is 0. The highest BCUT2D eigenvalue weighted by atomic mass is 16.2. The molecule has 3 amide bonds. The standard InChI is InChI=1S/C28H31N5O3/c1-18-4-8-20(9-5-18)14-29-25(34)23-24-26(35)33(22-12-13-22)28(3,16-32(24)17-31-23)27(36)30-15-21-10-6-19(2)7-11-21/h4-11,17,22H,12-16H2,1-3H3,(H,29,34)(H,30,36)/t28-/m0/s1. The molecular weight excluding hydrogens is 454 g/mol. The Kier molecular flexibility index (Phi) is 6.12. The van der Waals surface area contributed by atoms with Crippen LogP contribution in [-0.2, 0) is 24.4 Å². The molecule has 1 aliphatic carbocycles. The van der Waals surface area contributed by atoms with Crippen molar-refractivity contribution in [1.29, 1.82) is 0 Å². The maximum Gasteiger partial charge on any atom is 0.274 e. The van der Waals surface area contributed by atoms with Crippen LogP contribution in [0.25, 0.3) is 0 Å². The van der Waals surface area contributed by atoms with Gasteiger partial charge in [0.05, 0.1) is 12.9 Å². The van der Waals surface area contributed by atoms with Crippen LogP contribution in [0.4, 0.5) is 0 Å². The molecule has 2 aromatic carbocycles. The largest absolute Gasteiger partial charge is 0.350 e. The van der Waals surface area contributed by atoms with E-state index in [4.69, 9.17) is 0 Å². The molecule has 2 heterocycles. The Morgan fingerprint density at radius 2 is 1.50 bits per heavy atom. The van der Waals surface area contributed by atoms with Crippen molar-refractivity contribution in [1.82, 2.24) is 25.1 Å². The predicted octanol–water partition coefficient (Wildman–Crippen LogP) is 3.12. The second-order valence-corrected chi connectivity index (χ2v) is 10.1. The molecule has 186 valence electrons. The third kappa shape index (κ3) is 4.51. The van der Waals surface area contributed by atoms with Gasteiger partial charge in [-0.05, 0) is 44.7 Å². The molecule has 0 bridgehead atoms. The molecule has 3 aromatic rings. The van der Waals surface area contributed by atoms with Gasteiger partial charge in [-0.3, -0.25) is 14.4 Å². The Morgan fingerprint density at radius 1 is 0.944 bits per heavy atom. The van der Waals surface area contributed by atoms with E-state index in [2.05, 4.69) is 15.6 Å². The quantitative estimate of drug-likeness (QED) is 0.538. The van der Waals surface area contributed by atoms with E-state index in [0.717, 1.165) is 35.1 Å². The lowest BCUT2D eigenvalue weighted by atomic mass is 9.93. The number of amides is 3. The number of fused-ring (bicyclic) bond motifs is 1. The maximum atomic E-state index is 13.7. The number of hydrogen-bond donors (Lipinski definition) is 2. The summed E-state index contributed by atoms with van der Waals surface area (Å²) < 4.78 is 1.65. The fraction of sp³-hybridized carbons (Fsp3) is 0.357. The molecule has 2 N–H and O–H groups in total. The lowest BCUT2D eigenvalue weighted by Gasteiger charge is -2.44. The first-order valence-corrected chi connectivity index (χ1v) is 12.3. The summed E-state index contributed by atoms with van der Waals surface area (Å²) in [5, 5.41) is 5.89. The van der Waals surface area contributed by atoms with Crippen molar-refractivity contribution in [3.05, 3.63) is 88.5 Å². The minimum Gasteiger partial charge on any atom is -0.350 e. The lowest BCUT2D eigenvalue weighted by molar-refractivity contribution is -0.133. The normalized spacial score (nSPS) is 19.1. The second kappa shape index (κ2) is 9.26. The van der Waals surface area contributed by atoms with Gasteiger partial charge in [0.2, 0.25) is 5.91 Å². The van der Waals surface area contributed by atoms with E-state index in [1.165, 1.54) is 6.33 Å². The van der Waals surface area contributed by atoms with Gasteiger partial charge in [-0.15, -0.1) is 0 Å². The molecule has 1 aliphatic heterocycles. The molecule has 5 rings (SSSR count). The second-order valence-electron chi connectivity index (χ2n) is 10.1. The van der Waals surface area contributed by atoms with E-state index >= 15 is 0 Å². The highest BCUT2D eigenvalue weighted by Gasteiger charge is 2.53. The number of rotatable bonds is 7. The van der Waals surface area contributed by atoms with Crippen LogP contribution >= 0.6 is 0 Å². The van der Waals surface area contributed by atoms with Crippen LogP contribution < -0.4 is 10.6 Å². The summed E-state index contributed by atoms with van der Waals surface area (Å²) in [6.45, 7) is 6.78. The average molecular weight is 486 g/mol. The molecule has 36 heavy (non-hydrogen) atoms. The number of aryl methyl sites for hydroxylation is 2. The fourth-order valence-corrected chi connectivity index (χ4v) is 4.77. The van der Waals surface area contributed by atoms with Crippen molar-refractivity contribution in [2.45, 2.75) is 64.8 Å². The number of carbonyl (C=O) groups is 3. The Labute approximate surface area is 210 Å². The number of nitrogens with one attached hydrogen (secondary N) is 2. The monoisotopic (exact) mass is 485 g/mol. The zero-order chi connectivity index (χ0) is 25.4. The number of carbonyl (C=O) groups excluding carboxylic acids is 3. The number of nitrogens with zero attached hydrogens (tertiary/aromatic N) is 3. The summed E-state index contributed by atoms with van der Waals surface area (Å²) in [6, 6.07) is 15.9. The van der Waals surface area contributed by atoms with Crippen molar-refractivity contribution in [3.63, 3.8) is 0 Å². The summed E-state index contributed by atoms with van der Waals surface area (Å²) in [5.41, 5.74) is 3.52. The summed E-state index contributed by atoms with van der Waals surface area (Å²) in [4.78, 5) is 46.2. The highest BCUT2D eigenvalue weighted by Crippen LogP contribution is 2.38. The van der Waals surface area contributed by atoms with E-state index in [1.807, 2.05) is 62.4 Å². The summed E-state index contributed by atoms with van der Waals surface area (Å²) in [7, 11) is 0. The Hall–Kier alpha value is -3.94. The molecule has 1 fully saturated rings. The molecule has 0 spiro atoms. The van der Waals surface area contributed by atoms with E-state index in [9.17, 15) is 14.4 Å². The molecule has 1 aromatic heterocycles. The number of hydrogen-bond acceptors (Lipinski definition) is 4. The SMILES string of the molecule is Cc1ccc(CNC(=O)c2ncn3c2C(=O)N(C2CC2)[C@](C)(C(=O)NCc2ccc(C)cc2)C3)cc1. The van der Waals surface area contributed by atoms with Crippen molar-refractivity contribution >= 4 is 17.7 Å². The predicted molar refractivity (Wildman–Crippen MR) is 135 cm³/mol. The smallest absolute Gasteiger partial charge is 0.274 e. The first-order chi connectivity index (χ1) is 17.3. The molecular formula is C28H31N5O3. The Balaban J connectivity index is 1.35. The van der Waals surface area contributed by atoms with E-state index in [-0.39, 0.29) is 35.8 Å². The van der Waals surface area contributed by atoms with E-state index < -0.39 is 11.4 Å². The Morgan fingerprint density at radius 3 is 2.06 bits per heavy atom. The van der Waals surface area contributed by atoms with Crippen LogP contribution in [0.15, 0.2) is 54.9 Å². The maximum absolute atomic E-state index is 13.7. The first kappa shape index (κ1) is 23.8. The van der Waals surface area contributed by atoms with Crippen molar-refractivity contribution in [2.24, 2.45) is 0 Å². The van der Waals surface area contributed by atoms with Crippen LogP contribution in [0.2, 0.25) is 0 Å². The Bertz CT molecular complexity index is 1310. The number of aromatic nitrogens is 2. The summed E-state index contributed by atoms with van der Waals surface area (Å²) in [5.74, 6) is -0.941. The van der Waals surface area contributed by atoms with Crippen LogP contribution in [0, 0.1) is 13.8 Å². The molecule has 1 saturated carbocycles. The molecule has 8 nitrogen and oxygen atoms in total. The highest BCUT2D eigenvalue weighted by molar-refractivity contribution is 6.07. The topological polar surface area (TPSA) is 96.3 Å². The molecule has 0 unspecified atom stereocenters. The average Bonchev–Trinajstić information content (AvgIpc) is 3.60. The van der Waals surface area contributed by atoms with Crippen molar-refractivity contribution < 1.29 is 14.4 Å². The van der Waals surface area contributed by atoms with Gasteiger partial charge in [-0.1, -0.05) is 59.7 Å². The van der Waals surface area contributed by atoms with Gasteiger partial charge in [0.1, 0.15) is 11.2 Å². The zero-order valence-electron chi connectivity index (χ0n) is 20.9. The van der Waals surface area contributed by atoms with Crippen LogP contribution in [0.5, 0.6) is 0 Å². The fourth-order valence-electron chi connectivity index (χ4n) is 4.77. The number of imidazole rings is 1. The zero-order valence-corrected chi connectivity index (χ0v) is 20.9. The van der Waals surface area contributed by atoms with E-state index in [1.54, 1.807) is 16.4 Å². The van der Waals surface area contributed by atoms with Gasteiger partial charge in [0, 0.05) is 19.1 Å². The van der Waals surface area contributed by atoms with Crippen LogP contribution in [0.3, 0.4) is 0 Å². The van der Waals surface area contributed by atoms with Gasteiger partial charge in [0.15, 0.2) is 5.69 Å². The minimum absolute atomic E-state index is 0.0141. The third-order valence-corrected chi connectivity index (χ3v) is 7.03. The van der Waals surface area contributed by atoms with Gasteiger partial charge in [-0.25, -0.2) is 4.98 Å². The van der Waals surface area contributed by atoms with Crippen molar-refractivity contribution in [2.75, 3.05) is 0 Å².